The highest BCUT2D eigenvalue weighted by Crippen LogP contribution is 2.29. The second-order valence-corrected chi connectivity index (χ2v) is 6.86. The Bertz CT molecular complexity index is 460. The van der Waals surface area contributed by atoms with E-state index in [9.17, 15) is 4.39 Å². The van der Waals surface area contributed by atoms with E-state index in [0.717, 1.165) is 31.2 Å². The molecule has 0 aromatic heterocycles. The molecule has 110 valence electrons. The standard InChI is InChI=1S/C16H22BrFN2/c17-14-7-6-13(10-15(14)18)20-9-8-19-16(11-20)12-4-2-1-3-5-12/h6-7,10,12,16,19H,1-5,8-9,11H2. The van der Waals surface area contributed by atoms with Crippen molar-refractivity contribution in [1.82, 2.24) is 5.32 Å². The topological polar surface area (TPSA) is 15.3 Å². The van der Waals surface area contributed by atoms with Crippen molar-refractivity contribution in [3.63, 3.8) is 0 Å². The molecular weight excluding hydrogens is 319 g/mol. The zero-order valence-electron chi connectivity index (χ0n) is 11.7. The summed E-state index contributed by atoms with van der Waals surface area (Å²) in [5, 5.41) is 3.67. The van der Waals surface area contributed by atoms with Gasteiger partial charge in [0, 0.05) is 31.4 Å². The van der Waals surface area contributed by atoms with Gasteiger partial charge in [0.1, 0.15) is 5.82 Å². The summed E-state index contributed by atoms with van der Waals surface area (Å²) in [6.45, 7) is 2.97. The van der Waals surface area contributed by atoms with Crippen LogP contribution in [0, 0.1) is 11.7 Å². The summed E-state index contributed by atoms with van der Waals surface area (Å²) in [6.07, 6.45) is 6.83. The summed E-state index contributed by atoms with van der Waals surface area (Å²) in [5.41, 5.74) is 1.01. The maximum atomic E-state index is 13.7. The molecule has 1 N–H and O–H groups in total. The largest absolute Gasteiger partial charge is 0.369 e. The summed E-state index contributed by atoms with van der Waals surface area (Å²) in [7, 11) is 0. The number of hydrogen-bond acceptors (Lipinski definition) is 2. The monoisotopic (exact) mass is 340 g/mol. The second kappa shape index (κ2) is 6.44. The Kier molecular flexibility index (Phi) is 4.61. The number of benzene rings is 1. The van der Waals surface area contributed by atoms with E-state index in [0.29, 0.717) is 10.5 Å². The third-order valence-electron chi connectivity index (χ3n) is 4.69. The van der Waals surface area contributed by atoms with Gasteiger partial charge in [-0.2, -0.15) is 0 Å². The first-order chi connectivity index (χ1) is 9.74. The minimum Gasteiger partial charge on any atom is -0.369 e. The molecule has 3 rings (SSSR count). The highest BCUT2D eigenvalue weighted by Gasteiger charge is 2.28. The number of nitrogens with one attached hydrogen (secondary N) is 1. The summed E-state index contributed by atoms with van der Waals surface area (Å²) in [4.78, 5) is 2.32. The van der Waals surface area contributed by atoms with Gasteiger partial charge in [-0.3, -0.25) is 0 Å². The fourth-order valence-electron chi connectivity index (χ4n) is 3.55. The zero-order chi connectivity index (χ0) is 13.9. The first kappa shape index (κ1) is 14.3. The SMILES string of the molecule is Fc1cc(N2CCNC(C3CCCCC3)C2)ccc1Br. The molecule has 1 aliphatic heterocycles. The average molecular weight is 341 g/mol. The number of rotatable bonds is 2. The summed E-state index contributed by atoms with van der Waals surface area (Å²) in [6, 6.07) is 6.03. The zero-order valence-corrected chi connectivity index (χ0v) is 13.3. The Morgan fingerprint density at radius 1 is 1.20 bits per heavy atom. The first-order valence-corrected chi connectivity index (χ1v) is 8.47. The smallest absolute Gasteiger partial charge is 0.139 e. The van der Waals surface area contributed by atoms with E-state index < -0.39 is 0 Å². The molecule has 1 unspecified atom stereocenters. The van der Waals surface area contributed by atoms with E-state index >= 15 is 0 Å². The molecule has 0 radical (unpaired) electrons. The van der Waals surface area contributed by atoms with E-state index in [2.05, 4.69) is 26.1 Å². The molecule has 0 bridgehead atoms. The van der Waals surface area contributed by atoms with Crippen LogP contribution in [0.15, 0.2) is 22.7 Å². The van der Waals surface area contributed by atoms with Gasteiger partial charge in [-0.1, -0.05) is 19.3 Å². The van der Waals surface area contributed by atoms with Gasteiger partial charge < -0.3 is 10.2 Å². The van der Waals surface area contributed by atoms with Crippen LogP contribution in [0.5, 0.6) is 0 Å². The van der Waals surface area contributed by atoms with Crippen LogP contribution in [0.25, 0.3) is 0 Å². The molecule has 1 heterocycles. The molecule has 2 aliphatic rings. The van der Waals surface area contributed by atoms with Crippen molar-refractivity contribution < 1.29 is 4.39 Å². The number of piperazine rings is 1. The number of hydrogen-bond donors (Lipinski definition) is 1. The molecule has 4 heteroatoms. The van der Waals surface area contributed by atoms with Crippen LogP contribution in [0.2, 0.25) is 0 Å². The van der Waals surface area contributed by atoms with Gasteiger partial charge >= 0.3 is 0 Å². The predicted octanol–water partition coefficient (Wildman–Crippen LogP) is 3.95. The lowest BCUT2D eigenvalue weighted by molar-refractivity contribution is 0.257. The molecule has 1 aromatic rings. The third kappa shape index (κ3) is 3.17. The van der Waals surface area contributed by atoms with Crippen LogP contribution in [0.1, 0.15) is 32.1 Å². The minimum absolute atomic E-state index is 0.171. The highest BCUT2D eigenvalue weighted by atomic mass is 79.9. The molecule has 1 aromatic carbocycles. The van der Waals surface area contributed by atoms with Crippen molar-refractivity contribution in [2.75, 3.05) is 24.5 Å². The molecule has 20 heavy (non-hydrogen) atoms. The Hall–Kier alpha value is -0.610. The minimum atomic E-state index is -0.171. The average Bonchev–Trinajstić information content (AvgIpc) is 2.51. The third-order valence-corrected chi connectivity index (χ3v) is 5.34. The second-order valence-electron chi connectivity index (χ2n) is 6.00. The molecule has 1 saturated heterocycles. The van der Waals surface area contributed by atoms with Crippen molar-refractivity contribution in [2.24, 2.45) is 5.92 Å². The Morgan fingerprint density at radius 3 is 2.75 bits per heavy atom. The van der Waals surface area contributed by atoms with Gasteiger partial charge in [0.2, 0.25) is 0 Å². The predicted molar refractivity (Wildman–Crippen MR) is 84.7 cm³/mol. The fourth-order valence-corrected chi connectivity index (χ4v) is 3.79. The van der Waals surface area contributed by atoms with E-state index in [4.69, 9.17) is 0 Å². The van der Waals surface area contributed by atoms with Crippen LogP contribution in [-0.2, 0) is 0 Å². The van der Waals surface area contributed by atoms with Crippen LogP contribution in [0.4, 0.5) is 10.1 Å². The van der Waals surface area contributed by atoms with E-state index in [1.165, 1.54) is 32.1 Å². The lowest BCUT2D eigenvalue weighted by atomic mass is 9.83. The summed E-state index contributed by atoms with van der Waals surface area (Å²) >= 11 is 3.22. The highest BCUT2D eigenvalue weighted by molar-refractivity contribution is 9.10. The van der Waals surface area contributed by atoms with E-state index in [-0.39, 0.29) is 5.82 Å². The quantitative estimate of drug-likeness (QED) is 0.876. The summed E-state index contributed by atoms with van der Waals surface area (Å²) in [5.74, 6) is 0.627. The first-order valence-electron chi connectivity index (χ1n) is 7.67. The molecule has 2 nitrogen and oxygen atoms in total. The van der Waals surface area contributed by atoms with Crippen molar-refractivity contribution in [1.29, 1.82) is 0 Å². The lowest BCUT2D eigenvalue weighted by Gasteiger charge is -2.40. The Balaban J connectivity index is 1.69. The van der Waals surface area contributed by atoms with Crippen molar-refractivity contribution in [2.45, 2.75) is 38.1 Å². The normalized spacial score (nSPS) is 24.9. The Labute approximate surface area is 128 Å². The van der Waals surface area contributed by atoms with Crippen molar-refractivity contribution >= 4 is 21.6 Å². The number of halogens is 2. The number of anilines is 1. The summed E-state index contributed by atoms with van der Waals surface area (Å²) < 4.78 is 14.2. The van der Waals surface area contributed by atoms with Gasteiger partial charge in [0.05, 0.1) is 4.47 Å². The van der Waals surface area contributed by atoms with Gasteiger partial charge in [-0.05, 0) is 52.9 Å². The molecule has 2 fully saturated rings. The van der Waals surface area contributed by atoms with Crippen LogP contribution in [0.3, 0.4) is 0 Å². The van der Waals surface area contributed by atoms with Crippen molar-refractivity contribution in [3.8, 4) is 0 Å². The Morgan fingerprint density at radius 2 is 2.00 bits per heavy atom. The molecule has 1 atom stereocenters. The van der Waals surface area contributed by atoms with Gasteiger partial charge in [-0.15, -0.1) is 0 Å². The molecular formula is C16H22BrFN2. The number of nitrogens with zero attached hydrogens (tertiary/aromatic N) is 1. The van der Waals surface area contributed by atoms with Crippen LogP contribution < -0.4 is 10.2 Å². The maximum absolute atomic E-state index is 13.7. The maximum Gasteiger partial charge on any atom is 0.139 e. The van der Waals surface area contributed by atoms with Crippen molar-refractivity contribution in [3.05, 3.63) is 28.5 Å². The fraction of sp³-hybridized carbons (Fsp3) is 0.625. The van der Waals surface area contributed by atoms with E-state index in [1.54, 1.807) is 6.07 Å². The van der Waals surface area contributed by atoms with Gasteiger partial charge in [-0.25, -0.2) is 4.39 Å². The van der Waals surface area contributed by atoms with Crippen LogP contribution in [-0.4, -0.2) is 25.7 Å². The molecule has 0 spiro atoms. The molecule has 1 aliphatic carbocycles. The lowest BCUT2D eigenvalue weighted by Crippen LogP contribution is -2.54. The van der Waals surface area contributed by atoms with Crippen LogP contribution >= 0.6 is 15.9 Å². The van der Waals surface area contributed by atoms with Gasteiger partial charge in [0.15, 0.2) is 0 Å². The van der Waals surface area contributed by atoms with Gasteiger partial charge in [0.25, 0.3) is 0 Å². The molecule has 1 saturated carbocycles. The molecule has 0 amide bonds. The van der Waals surface area contributed by atoms with E-state index in [1.807, 2.05) is 12.1 Å².